The summed E-state index contributed by atoms with van der Waals surface area (Å²) in [5, 5.41) is 0.812. The van der Waals surface area contributed by atoms with Crippen molar-refractivity contribution in [2.24, 2.45) is 0 Å². The summed E-state index contributed by atoms with van der Waals surface area (Å²) in [5.74, 6) is 0. The topological polar surface area (TPSA) is 85.1 Å². The molecule has 1 aromatic heterocycles. The number of sulfonamides is 1. The van der Waals surface area contributed by atoms with Crippen molar-refractivity contribution < 1.29 is 8.42 Å². The lowest BCUT2D eigenvalue weighted by atomic mass is 10.2. The Morgan fingerprint density at radius 2 is 1.78 bits per heavy atom. The van der Waals surface area contributed by atoms with Crippen LogP contribution in [-0.2, 0) is 10.0 Å². The van der Waals surface area contributed by atoms with Gasteiger partial charge in [-0.2, -0.15) is 0 Å². The van der Waals surface area contributed by atoms with Crippen LogP contribution in [0.15, 0.2) is 71.6 Å². The third kappa shape index (κ3) is 3.65. The Kier molecular flexibility index (Phi) is 4.33. The lowest BCUT2D eigenvalue weighted by Gasteiger charge is -2.09. The standard InChI is InChI=1S/C20H17N3O2S2/c1-13-5-8-17(9-6-13)27(24,25)23-16-4-2-3-14(11-16)20-22-18-10-7-15(21)12-19(18)26-20/h2-12,23H,21H2,1H3. The van der Waals surface area contributed by atoms with E-state index in [0.29, 0.717) is 11.4 Å². The molecule has 7 heteroatoms. The number of nitrogens with zero attached hydrogens (tertiary/aromatic N) is 1. The third-order valence-corrected chi connectivity index (χ3v) is 6.57. The van der Waals surface area contributed by atoms with Gasteiger partial charge < -0.3 is 5.73 Å². The average molecular weight is 396 g/mol. The summed E-state index contributed by atoms with van der Waals surface area (Å²) < 4.78 is 28.8. The van der Waals surface area contributed by atoms with Crippen LogP contribution in [-0.4, -0.2) is 13.4 Å². The molecule has 3 aromatic carbocycles. The van der Waals surface area contributed by atoms with E-state index in [1.54, 1.807) is 36.4 Å². The smallest absolute Gasteiger partial charge is 0.261 e. The molecule has 0 unspecified atom stereocenters. The number of nitrogens with one attached hydrogen (secondary N) is 1. The monoisotopic (exact) mass is 395 g/mol. The van der Waals surface area contributed by atoms with E-state index in [2.05, 4.69) is 9.71 Å². The van der Waals surface area contributed by atoms with Gasteiger partial charge in [0.25, 0.3) is 10.0 Å². The highest BCUT2D eigenvalue weighted by atomic mass is 32.2. The van der Waals surface area contributed by atoms with E-state index in [-0.39, 0.29) is 4.90 Å². The Balaban J connectivity index is 1.66. The molecular weight excluding hydrogens is 378 g/mol. The summed E-state index contributed by atoms with van der Waals surface area (Å²) in [7, 11) is -3.64. The van der Waals surface area contributed by atoms with Crippen LogP contribution in [0.3, 0.4) is 0 Å². The molecule has 0 spiro atoms. The molecule has 0 saturated heterocycles. The van der Waals surface area contributed by atoms with E-state index in [9.17, 15) is 8.42 Å². The molecule has 4 rings (SSSR count). The van der Waals surface area contributed by atoms with E-state index < -0.39 is 10.0 Å². The maximum Gasteiger partial charge on any atom is 0.261 e. The first-order chi connectivity index (χ1) is 12.9. The van der Waals surface area contributed by atoms with Gasteiger partial charge in [0.2, 0.25) is 0 Å². The molecule has 136 valence electrons. The molecule has 1 heterocycles. The Morgan fingerprint density at radius 3 is 2.56 bits per heavy atom. The summed E-state index contributed by atoms with van der Waals surface area (Å²) >= 11 is 1.52. The van der Waals surface area contributed by atoms with Gasteiger partial charge in [0, 0.05) is 16.9 Å². The number of nitrogen functional groups attached to an aromatic ring is 1. The van der Waals surface area contributed by atoms with Crippen LogP contribution < -0.4 is 10.5 Å². The maximum absolute atomic E-state index is 12.6. The second kappa shape index (κ2) is 6.68. The van der Waals surface area contributed by atoms with Crippen molar-refractivity contribution in [1.29, 1.82) is 0 Å². The highest BCUT2D eigenvalue weighted by Gasteiger charge is 2.15. The number of benzene rings is 3. The van der Waals surface area contributed by atoms with Crippen LogP contribution in [0, 0.1) is 6.92 Å². The lowest BCUT2D eigenvalue weighted by Crippen LogP contribution is -2.12. The van der Waals surface area contributed by atoms with Gasteiger partial charge in [-0.1, -0.05) is 29.8 Å². The number of anilines is 2. The molecule has 5 nitrogen and oxygen atoms in total. The Hall–Kier alpha value is -2.90. The van der Waals surface area contributed by atoms with Crippen molar-refractivity contribution in [3.05, 3.63) is 72.3 Å². The van der Waals surface area contributed by atoms with Gasteiger partial charge in [-0.05, 0) is 49.4 Å². The minimum absolute atomic E-state index is 0.231. The van der Waals surface area contributed by atoms with Gasteiger partial charge in [-0.25, -0.2) is 13.4 Å². The van der Waals surface area contributed by atoms with E-state index in [1.807, 2.05) is 37.3 Å². The van der Waals surface area contributed by atoms with Crippen LogP contribution in [0.2, 0.25) is 0 Å². The van der Waals surface area contributed by atoms with Gasteiger partial charge in [-0.15, -0.1) is 11.3 Å². The molecule has 27 heavy (non-hydrogen) atoms. The maximum atomic E-state index is 12.6. The summed E-state index contributed by atoms with van der Waals surface area (Å²) in [6.07, 6.45) is 0. The van der Waals surface area contributed by atoms with Crippen LogP contribution in [0.5, 0.6) is 0 Å². The van der Waals surface area contributed by atoms with Crippen LogP contribution >= 0.6 is 11.3 Å². The van der Waals surface area contributed by atoms with Crippen LogP contribution in [0.4, 0.5) is 11.4 Å². The summed E-state index contributed by atoms with van der Waals surface area (Å²) in [5.41, 5.74) is 9.74. The van der Waals surface area contributed by atoms with Gasteiger partial charge in [-0.3, -0.25) is 4.72 Å². The molecular formula is C20H17N3O2S2. The zero-order valence-corrected chi connectivity index (χ0v) is 16.1. The molecule has 0 aliphatic heterocycles. The number of thiazole rings is 1. The van der Waals surface area contributed by atoms with E-state index in [0.717, 1.165) is 26.4 Å². The SMILES string of the molecule is Cc1ccc(S(=O)(=O)Nc2cccc(-c3nc4ccc(N)cc4s3)c2)cc1. The second-order valence-electron chi connectivity index (χ2n) is 6.25. The quantitative estimate of drug-likeness (QED) is 0.492. The average Bonchev–Trinajstić information content (AvgIpc) is 3.05. The molecule has 0 bridgehead atoms. The van der Waals surface area contributed by atoms with Crippen molar-refractivity contribution in [3.63, 3.8) is 0 Å². The number of fused-ring (bicyclic) bond motifs is 1. The first-order valence-electron chi connectivity index (χ1n) is 8.27. The molecule has 0 aliphatic carbocycles. The van der Waals surface area contributed by atoms with E-state index in [4.69, 9.17) is 5.73 Å². The van der Waals surface area contributed by atoms with Gasteiger partial charge >= 0.3 is 0 Å². The Labute approximate surface area is 161 Å². The third-order valence-electron chi connectivity index (χ3n) is 4.11. The fourth-order valence-electron chi connectivity index (χ4n) is 2.71. The number of hydrogen-bond acceptors (Lipinski definition) is 5. The van der Waals surface area contributed by atoms with Crippen molar-refractivity contribution in [2.45, 2.75) is 11.8 Å². The van der Waals surface area contributed by atoms with Crippen molar-refractivity contribution in [2.75, 3.05) is 10.5 Å². The zero-order valence-electron chi connectivity index (χ0n) is 14.5. The summed E-state index contributed by atoms with van der Waals surface area (Å²) in [4.78, 5) is 4.85. The molecule has 0 fully saturated rings. The van der Waals surface area contributed by atoms with Crippen LogP contribution in [0.1, 0.15) is 5.56 Å². The highest BCUT2D eigenvalue weighted by Crippen LogP contribution is 2.32. The molecule has 0 amide bonds. The molecule has 4 aromatic rings. The fraction of sp³-hybridized carbons (Fsp3) is 0.0500. The number of rotatable bonds is 4. The van der Waals surface area contributed by atoms with Gasteiger partial charge in [0.05, 0.1) is 15.1 Å². The normalized spacial score (nSPS) is 11.6. The Morgan fingerprint density at radius 1 is 1.00 bits per heavy atom. The fourth-order valence-corrected chi connectivity index (χ4v) is 4.77. The lowest BCUT2D eigenvalue weighted by molar-refractivity contribution is 0.601. The minimum Gasteiger partial charge on any atom is -0.399 e. The zero-order chi connectivity index (χ0) is 19.0. The molecule has 0 radical (unpaired) electrons. The van der Waals surface area contributed by atoms with Crippen molar-refractivity contribution >= 4 is 43.0 Å². The number of aryl methyl sites for hydroxylation is 1. The highest BCUT2D eigenvalue weighted by molar-refractivity contribution is 7.92. The number of nitrogens with two attached hydrogens (primary N) is 1. The first-order valence-corrected chi connectivity index (χ1v) is 10.6. The Bertz CT molecular complexity index is 1230. The van der Waals surface area contributed by atoms with Crippen molar-refractivity contribution in [3.8, 4) is 10.6 Å². The van der Waals surface area contributed by atoms with Gasteiger partial charge in [0.15, 0.2) is 0 Å². The van der Waals surface area contributed by atoms with E-state index >= 15 is 0 Å². The van der Waals surface area contributed by atoms with Crippen LogP contribution in [0.25, 0.3) is 20.8 Å². The minimum atomic E-state index is -3.64. The summed E-state index contributed by atoms with van der Waals surface area (Å²) in [6, 6.07) is 19.6. The number of aromatic nitrogens is 1. The number of hydrogen-bond donors (Lipinski definition) is 2. The predicted octanol–water partition coefficient (Wildman–Crippen LogP) is 4.65. The summed E-state index contributed by atoms with van der Waals surface area (Å²) in [6.45, 7) is 1.92. The molecule has 3 N–H and O–H groups in total. The second-order valence-corrected chi connectivity index (χ2v) is 8.96. The molecule has 0 saturated carbocycles. The van der Waals surface area contributed by atoms with E-state index in [1.165, 1.54) is 11.3 Å². The predicted molar refractivity (Wildman–Crippen MR) is 111 cm³/mol. The first kappa shape index (κ1) is 17.5. The van der Waals surface area contributed by atoms with Crippen molar-refractivity contribution in [1.82, 2.24) is 4.98 Å². The molecule has 0 aliphatic rings. The molecule has 0 atom stereocenters. The largest absolute Gasteiger partial charge is 0.399 e. The van der Waals surface area contributed by atoms with Gasteiger partial charge in [0.1, 0.15) is 5.01 Å².